The van der Waals surface area contributed by atoms with Crippen molar-refractivity contribution >= 4 is 5.91 Å². The van der Waals surface area contributed by atoms with E-state index in [0.29, 0.717) is 5.92 Å². The van der Waals surface area contributed by atoms with E-state index in [9.17, 15) is 9.90 Å². The van der Waals surface area contributed by atoms with Gasteiger partial charge in [0.2, 0.25) is 5.91 Å². The van der Waals surface area contributed by atoms with Gasteiger partial charge < -0.3 is 16.2 Å². The number of rotatable bonds is 4. The molecule has 1 fully saturated rings. The minimum absolute atomic E-state index is 0.233. The molecule has 1 aliphatic carbocycles. The van der Waals surface area contributed by atoms with Crippen LogP contribution in [0.3, 0.4) is 0 Å². The molecule has 0 aromatic heterocycles. The van der Waals surface area contributed by atoms with Gasteiger partial charge >= 0.3 is 0 Å². The van der Waals surface area contributed by atoms with Crippen molar-refractivity contribution in [3.63, 3.8) is 0 Å². The van der Waals surface area contributed by atoms with Crippen LogP contribution < -0.4 is 11.1 Å². The number of carbonyl (C=O) groups excluding carboxylic acids is 1. The molecule has 0 radical (unpaired) electrons. The van der Waals surface area contributed by atoms with Crippen LogP contribution in [0.4, 0.5) is 0 Å². The lowest BCUT2D eigenvalue weighted by Crippen LogP contribution is -2.47. The maximum atomic E-state index is 12.1. The van der Waals surface area contributed by atoms with Crippen LogP contribution >= 0.6 is 0 Å². The van der Waals surface area contributed by atoms with Crippen molar-refractivity contribution < 1.29 is 9.90 Å². The molecular formula is C16H24N2O2. The fraction of sp³-hybridized carbons (Fsp3) is 0.562. The Morgan fingerprint density at radius 1 is 1.50 bits per heavy atom. The molecule has 3 atom stereocenters. The molecule has 1 aliphatic rings. The molecule has 4 N–H and O–H groups in total. The topological polar surface area (TPSA) is 75.3 Å². The molecule has 0 heterocycles. The fourth-order valence-electron chi connectivity index (χ4n) is 2.97. The maximum Gasteiger partial charge on any atom is 0.241 e. The van der Waals surface area contributed by atoms with Gasteiger partial charge in [-0.1, -0.05) is 50.1 Å². The standard InChI is InChI=1S/C16H24N2O2/c1-12-6-5-9-16(20,10-12)11-18-15(19)14(17)13-7-3-2-4-8-13/h2-4,7-8,12,14,20H,5-6,9-11,17H2,1H3,(H,18,19)/t12?,14-,16?/m0/s1. The van der Waals surface area contributed by atoms with Gasteiger partial charge in [0.1, 0.15) is 6.04 Å². The lowest BCUT2D eigenvalue weighted by atomic mass is 9.79. The molecule has 0 saturated heterocycles. The van der Waals surface area contributed by atoms with Crippen molar-refractivity contribution in [2.75, 3.05) is 6.54 Å². The Hall–Kier alpha value is -1.39. The molecule has 1 amide bonds. The van der Waals surface area contributed by atoms with Crippen molar-refractivity contribution in [1.29, 1.82) is 0 Å². The summed E-state index contributed by atoms with van der Waals surface area (Å²) in [5.41, 5.74) is 5.94. The minimum Gasteiger partial charge on any atom is -0.388 e. The van der Waals surface area contributed by atoms with Gasteiger partial charge in [-0.2, -0.15) is 0 Å². The predicted octanol–water partition coefficient (Wildman–Crippen LogP) is 1.74. The van der Waals surface area contributed by atoms with Gasteiger partial charge in [-0.05, 0) is 24.3 Å². The van der Waals surface area contributed by atoms with Crippen LogP contribution in [0.5, 0.6) is 0 Å². The van der Waals surface area contributed by atoms with E-state index in [2.05, 4.69) is 12.2 Å². The van der Waals surface area contributed by atoms with Gasteiger partial charge in [0.15, 0.2) is 0 Å². The fourth-order valence-corrected chi connectivity index (χ4v) is 2.97. The number of nitrogens with two attached hydrogens (primary N) is 1. The monoisotopic (exact) mass is 276 g/mol. The molecule has 0 bridgehead atoms. The third-order valence-corrected chi connectivity index (χ3v) is 4.10. The second-order valence-corrected chi connectivity index (χ2v) is 6.03. The van der Waals surface area contributed by atoms with Gasteiger partial charge in [0.05, 0.1) is 5.60 Å². The van der Waals surface area contributed by atoms with E-state index in [1.807, 2.05) is 30.3 Å². The van der Waals surface area contributed by atoms with Crippen molar-refractivity contribution in [3.05, 3.63) is 35.9 Å². The quantitative estimate of drug-likeness (QED) is 0.784. The van der Waals surface area contributed by atoms with Crippen molar-refractivity contribution in [1.82, 2.24) is 5.32 Å². The Morgan fingerprint density at radius 3 is 2.85 bits per heavy atom. The molecule has 0 aliphatic heterocycles. The Morgan fingerprint density at radius 2 is 2.20 bits per heavy atom. The summed E-state index contributed by atoms with van der Waals surface area (Å²) in [6.45, 7) is 2.43. The molecule has 4 nitrogen and oxygen atoms in total. The second-order valence-electron chi connectivity index (χ2n) is 6.03. The number of amides is 1. The third-order valence-electron chi connectivity index (χ3n) is 4.10. The molecule has 1 aromatic carbocycles. The van der Waals surface area contributed by atoms with Crippen LogP contribution in [0, 0.1) is 5.92 Å². The molecule has 20 heavy (non-hydrogen) atoms. The third kappa shape index (κ3) is 3.81. The summed E-state index contributed by atoms with van der Waals surface area (Å²) in [7, 11) is 0. The van der Waals surface area contributed by atoms with Gasteiger partial charge in [-0.3, -0.25) is 4.79 Å². The average Bonchev–Trinajstić information content (AvgIpc) is 2.45. The highest BCUT2D eigenvalue weighted by atomic mass is 16.3. The molecular weight excluding hydrogens is 252 g/mol. The first-order valence-electron chi connectivity index (χ1n) is 7.31. The first-order valence-corrected chi connectivity index (χ1v) is 7.31. The SMILES string of the molecule is CC1CCCC(O)(CNC(=O)[C@@H](N)c2ccccc2)C1. The zero-order valence-electron chi connectivity index (χ0n) is 12.0. The normalized spacial score (nSPS) is 27.9. The van der Waals surface area contributed by atoms with Gasteiger partial charge in [0.25, 0.3) is 0 Å². The summed E-state index contributed by atoms with van der Waals surface area (Å²) in [4.78, 5) is 12.1. The zero-order valence-corrected chi connectivity index (χ0v) is 12.0. The van der Waals surface area contributed by atoms with E-state index >= 15 is 0 Å². The Labute approximate surface area is 120 Å². The molecule has 0 spiro atoms. The van der Waals surface area contributed by atoms with Crippen molar-refractivity contribution in [2.45, 2.75) is 44.2 Å². The minimum atomic E-state index is -0.774. The summed E-state index contributed by atoms with van der Waals surface area (Å²) < 4.78 is 0. The first-order chi connectivity index (χ1) is 9.50. The Bertz CT molecular complexity index is 449. The maximum absolute atomic E-state index is 12.1. The predicted molar refractivity (Wildman–Crippen MR) is 79.0 cm³/mol. The average molecular weight is 276 g/mol. The highest BCUT2D eigenvalue weighted by Gasteiger charge is 2.33. The number of aliphatic hydroxyl groups is 1. The summed E-state index contributed by atoms with van der Waals surface area (Å²) in [6, 6.07) is 8.60. The Balaban J connectivity index is 1.89. The molecule has 110 valence electrons. The van der Waals surface area contributed by atoms with Crippen LogP contribution in [0.15, 0.2) is 30.3 Å². The van der Waals surface area contributed by atoms with Gasteiger partial charge in [-0.25, -0.2) is 0 Å². The molecule has 4 heteroatoms. The second kappa shape index (κ2) is 6.37. The molecule has 2 unspecified atom stereocenters. The van der Waals surface area contributed by atoms with E-state index < -0.39 is 11.6 Å². The zero-order chi connectivity index (χ0) is 14.6. The van der Waals surface area contributed by atoms with E-state index in [4.69, 9.17) is 5.73 Å². The Kier molecular flexibility index (Phi) is 4.78. The number of carbonyl (C=O) groups is 1. The lowest BCUT2D eigenvalue weighted by molar-refractivity contribution is -0.124. The van der Waals surface area contributed by atoms with Crippen LogP contribution in [-0.2, 0) is 4.79 Å². The summed E-state index contributed by atoms with van der Waals surface area (Å²) in [5, 5.41) is 13.3. The smallest absolute Gasteiger partial charge is 0.241 e. The number of hydrogen-bond donors (Lipinski definition) is 3. The summed E-state index contributed by atoms with van der Waals surface area (Å²) >= 11 is 0. The van der Waals surface area contributed by atoms with E-state index in [1.165, 1.54) is 0 Å². The van der Waals surface area contributed by atoms with Crippen LogP contribution in [0.1, 0.15) is 44.2 Å². The summed E-state index contributed by atoms with van der Waals surface area (Å²) in [5.74, 6) is 0.274. The largest absolute Gasteiger partial charge is 0.388 e. The van der Waals surface area contributed by atoms with Crippen LogP contribution in [0.25, 0.3) is 0 Å². The van der Waals surface area contributed by atoms with Gasteiger partial charge in [-0.15, -0.1) is 0 Å². The lowest BCUT2D eigenvalue weighted by Gasteiger charge is -2.35. The van der Waals surface area contributed by atoms with E-state index in [-0.39, 0.29) is 12.5 Å². The summed E-state index contributed by atoms with van der Waals surface area (Å²) in [6.07, 6.45) is 3.66. The van der Waals surface area contributed by atoms with Gasteiger partial charge in [0, 0.05) is 6.54 Å². The van der Waals surface area contributed by atoms with E-state index in [0.717, 1.165) is 31.2 Å². The van der Waals surface area contributed by atoms with Crippen molar-refractivity contribution in [2.24, 2.45) is 11.7 Å². The highest BCUT2D eigenvalue weighted by molar-refractivity contribution is 5.82. The number of benzene rings is 1. The van der Waals surface area contributed by atoms with Crippen molar-refractivity contribution in [3.8, 4) is 0 Å². The number of nitrogens with one attached hydrogen (secondary N) is 1. The molecule has 1 saturated carbocycles. The molecule has 1 aromatic rings. The highest BCUT2D eigenvalue weighted by Crippen LogP contribution is 2.31. The molecule has 2 rings (SSSR count). The van der Waals surface area contributed by atoms with Crippen LogP contribution in [0.2, 0.25) is 0 Å². The van der Waals surface area contributed by atoms with Crippen LogP contribution in [-0.4, -0.2) is 23.2 Å². The number of hydrogen-bond acceptors (Lipinski definition) is 3. The van der Waals surface area contributed by atoms with E-state index in [1.54, 1.807) is 0 Å². The first kappa shape index (κ1) is 15.0.